The number of urea groups is 1. The molecule has 4 rings (SSSR count). The maximum Gasteiger partial charge on any atom is 0.323 e. The number of nitrogens with zero attached hydrogens (tertiary/aromatic N) is 1. The molecule has 0 spiro atoms. The van der Waals surface area contributed by atoms with Crippen molar-refractivity contribution in [2.24, 2.45) is 0 Å². The Balaban J connectivity index is 1.55. The van der Waals surface area contributed by atoms with Gasteiger partial charge >= 0.3 is 6.03 Å². The van der Waals surface area contributed by atoms with Crippen molar-refractivity contribution in [2.45, 2.75) is 33.1 Å². The first-order valence-electron chi connectivity index (χ1n) is 11.5. The number of nitrogens with one attached hydrogen (secondary N) is 3. The minimum atomic E-state index is -0.307. The van der Waals surface area contributed by atoms with E-state index in [2.05, 4.69) is 27.8 Å². The van der Waals surface area contributed by atoms with Gasteiger partial charge in [-0.25, -0.2) is 4.79 Å². The second-order valence-corrected chi connectivity index (χ2v) is 8.34. The minimum Gasteiger partial charge on any atom is -0.370 e. The Kier molecular flexibility index (Phi) is 6.93. The van der Waals surface area contributed by atoms with E-state index in [1.807, 2.05) is 61.5 Å². The van der Waals surface area contributed by atoms with Crippen molar-refractivity contribution in [3.05, 3.63) is 83.4 Å². The van der Waals surface area contributed by atoms with Crippen LogP contribution in [0.25, 0.3) is 0 Å². The molecular weight excluding hydrogens is 412 g/mol. The van der Waals surface area contributed by atoms with Gasteiger partial charge < -0.3 is 20.9 Å². The first kappa shape index (κ1) is 22.4. The van der Waals surface area contributed by atoms with Crippen LogP contribution in [0.15, 0.2) is 66.7 Å². The molecule has 3 aromatic rings. The van der Waals surface area contributed by atoms with Gasteiger partial charge in [-0.15, -0.1) is 0 Å². The van der Waals surface area contributed by atoms with Crippen LogP contribution in [0.3, 0.4) is 0 Å². The molecule has 1 saturated heterocycles. The predicted molar refractivity (Wildman–Crippen MR) is 135 cm³/mol. The van der Waals surface area contributed by atoms with Gasteiger partial charge in [0.15, 0.2) is 0 Å². The highest BCUT2D eigenvalue weighted by atomic mass is 16.2. The number of hydrogen-bond donors (Lipinski definition) is 3. The highest BCUT2D eigenvalue weighted by Gasteiger charge is 2.18. The fourth-order valence-corrected chi connectivity index (χ4v) is 4.08. The molecule has 3 amide bonds. The van der Waals surface area contributed by atoms with Crippen molar-refractivity contribution < 1.29 is 9.59 Å². The average molecular weight is 443 g/mol. The predicted octanol–water partition coefficient (Wildman–Crippen LogP) is 6.05. The van der Waals surface area contributed by atoms with E-state index < -0.39 is 0 Å². The zero-order valence-corrected chi connectivity index (χ0v) is 19.2. The van der Waals surface area contributed by atoms with E-state index in [1.165, 1.54) is 0 Å². The normalized spacial score (nSPS) is 13.0. The van der Waals surface area contributed by atoms with Crippen LogP contribution in [0.1, 0.15) is 41.3 Å². The summed E-state index contributed by atoms with van der Waals surface area (Å²) in [4.78, 5) is 27.8. The van der Waals surface area contributed by atoms with E-state index in [-0.39, 0.29) is 11.9 Å². The number of benzene rings is 3. The summed E-state index contributed by atoms with van der Waals surface area (Å²) in [7, 11) is 0. The molecule has 0 atom stereocenters. The quantitative estimate of drug-likeness (QED) is 0.435. The Morgan fingerprint density at radius 2 is 1.55 bits per heavy atom. The standard InChI is InChI=1S/C27H30N4O2/c1-3-20-8-4-5-9-23(20)29-27(33)30-24-18-22(14-15-25(24)31-16-6-7-17-31)28-26(32)21-12-10-19(2)11-13-21/h4-5,8-15,18H,3,6-7,16-17H2,1-2H3,(H,28,32)(H2,29,30,33). The maximum atomic E-state index is 12.9. The number of carbonyl (C=O) groups is 2. The lowest BCUT2D eigenvalue weighted by atomic mass is 10.1. The Morgan fingerprint density at radius 1 is 0.848 bits per heavy atom. The minimum absolute atomic E-state index is 0.184. The molecule has 0 bridgehead atoms. The van der Waals surface area contributed by atoms with E-state index in [0.29, 0.717) is 16.9 Å². The number of hydrogen-bond acceptors (Lipinski definition) is 3. The van der Waals surface area contributed by atoms with Crippen LogP contribution in [0.4, 0.5) is 27.5 Å². The number of aryl methyl sites for hydroxylation is 2. The summed E-state index contributed by atoms with van der Waals surface area (Å²) in [5.74, 6) is -0.184. The van der Waals surface area contributed by atoms with Crippen LogP contribution in [0, 0.1) is 6.92 Å². The lowest BCUT2D eigenvalue weighted by Gasteiger charge is -2.23. The van der Waals surface area contributed by atoms with Gasteiger partial charge in [-0.05, 0) is 68.1 Å². The van der Waals surface area contributed by atoms with Crippen molar-refractivity contribution in [1.29, 1.82) is 0 Å². The third-order valence-corrected chi connectivity index (χ3v) is 5.91. The smallest absolute Gasteiger partial charge is 0.323 e. The molecule has 3 N–H and O–H groups in total. The third-order valence-electron chi connectivity index (χ3n) is 5.91. The van der Waals surface area contributed by atoms with Gasteiger partial charge in [0.25, 0.3) is 5.91 Å². The van der Waals surface area contributed by atoms with Crippen molar-refractivity contribution in [1.82, 2.24) is 0 Å². The lowest BCUT2D eigenvalue weighted by molar-refractivity contribution is 0.102. The van der Waals surface area contributed by atoms with E-state index in [0.717, 1.165) is 54.9 Å². The second kappa shape index (κ2) is 10.2. The van der Waals surface area contributed by atoms with Gasteiger partial charge in [-0.2, -0.15) is 0 Å². The molecule has 0 saturated carbocycles. The molecule has 0 aromatic heterocycles. The summed E-state index contributed by atoms with van der Waals surface area (Å²) in [5.41, 5.74) is 5.82. The molecule has 6 nitrogen and oxygen atoms in total. The summed E-state index contributed by atoms with van der Waals surface area (Å²) >= 11 is 0. The number of rotatable bonds is 6. The van der Waals surface area contributed by atoms with Crippen molar-refractivity contribution >= 4 is 34.7 Å². The summed E-state index contributed by atoms with van der Waals surface area (Å²) in [6, 6.07) is 20.6. The molecule has 1 fully saturated rings. The van der Waals surface area contributed by atoms with Gasteiger partial charge in [-0.3, -0.25) is 4.79 Å². The molecule has 33 heavy (non-hydrogen) atoms. The van der Waals surface area contributed by atoms with E-state index >= 15 is 0 Å². The van der Waals surface area contributed by atoms with E-state index in [9.17, 15) is 9.59 Å². The molecule has 0 unspecified atom stereocenters. The topological polar surface area (TPSA) is 73.5 Å². The first-order valence-corrected chi connectivity index (χ1v) is 11.5. The highest BCUT2D eigenvalue weighted by Crippen LogP contribution is 2.32. The second-order valence-electron chi connectivity index (χ2n) is 8.34. The van der Waals surface area contributed by atoms with Gasteiger partial charge in [0.2, 0.25) is 0 Å². The highest BCUT2D eigenvalue weighted by molar-refractivity contribution is 6.06. The largest absolute Gasteiger partial charge is 0.370 e. The zero-order valence-electron chi connectivity index (χ0n) is 19.2. The van der Waals surface area contributed by atoms with Crippen LogP contribution in [0.2, 0.25) is 0 Å². The Morgan fingerprint density at radius 3 is 2.27 bits per heavy atom. The summed E-state index contributed by atoms with van der Waals surface area (Å²) < 4.78 is 0. The Labute approximate surface area is 195 Å². The Bertz CT molecular complexity index is 1140. The van der Waals surface area contributed by atoms with Gasteiger partial charge in [0.05, 0.1) is 11.4 Å². The molecule has 3 aromatic carbocycles. The molecule has 6 heteroatoms. The van der Waals surface area contributed by atoms with Gasteiger partial charge in [0.1, 0.15) is 0 Å². The van der Waals surface area contributed by atoms with Crippen molar-refractivity contribution in [3.63, 3.8) is 0 Å². The zero-order chi connectivity index (χ0) is 23.2. The number of amides is 3. The summed E-state index contributed by atoms with van der Waals surface area (Å²) in [6.45, 7) is 5.94. The Hall–Kier alpha value is -3.80. The maximum absolute atomic E-state index is 12.9. The van der Waals surface area contributed by atoms with E-state index in [4.69, 9.17) is 0 Å². The average Bonchev–Trinajstić information content (AvgIpc) is 3.34. The molecule has 1 aliphatic rings. The monoisotopic (exact) mass is 442 g/mol. The number of carbonyl (C=O) groups excluding carboxylic acids is 2. The van der Waals surface area contributed by atoms with Crippen LogP contribution in [-0.4, -0.2) is 25.0 Å². The van der Waals surface area contributed by atoms with Crippen LogP contribution < -0.4 is 20.9 Å². The third kappa shape index (κ3) is 5.52. The molecule has 1 aliphatic heterocycles. The van der Waals surface area contributed by atoms with Crippen molar-refractivity contribution in [3.8, 4) is 0 Å². The van der Waals surface area contributed by atoms with Crippen LogP contribution in [0.5, 0.6) is 0 Å². The fourth-order valence-electron chi connectivity index (χ4n) is 4.08. The lowest BCUT2D eigenvalue weighted by Crippen LogP contribution is -2.24. The SMILES string of the molecule is CCc1ccccc1NC(=O)Nc1cc(NC(=O)c2ccc(C)cc2)ccc1N1CCCC1. The van der Waals surface area contributed by atoms with E-state index in [1.54, 1.807) is 12.1 Å². The number of anilines is 4. The molecule has 1 heterocycles. The first-order chi connectivity index (χ1) is 16.0. The van der Waals surface area contributed by atoms with Gasteiger partial charge in [0, 0.05) is 30.0 Å². The van der Waals surface area contributed by atoms with Crippen LogP contribution >= 0.6 is 0 Å². The molecule has 170 valence electrons. The number of para-hydroxylation sites is 1. The van der Waals surface area contributed by atoms with Crippen molar-refractivity contribution in [2.75, 3.05) is 33.9 Å². The van der Waals surface area contributed by atoms with Gasteiger partial charge in [-0.1, -0.05) is 42.8 Å². The van der Waals surface area contributed by atoms with Crippen LogP contribution in [-0.2, 0) is 6.42 Å². The molecular formula is C27H30N4O2. The molecule has 0 radical (unpaired) electrons. The summed E-state index contributed by atoms with van der Waals surface area (Å²) in [5, 5.41) is 8.92. The fraction of sp³-hybridized carbons (Fsp3) is 0.259. The molecule has 0 aliphatic carbocycles. The summed E-state index contributed by atoms with van der Waals surface area (Å²) in [6.07, 6.45) is 3.08.